The first kappa shape index (κ1) is 22.5. The lowest BCUT2D eigenvalue weighted by Gasteiger charge is -2.39. The molecule has 3 rings (SSSR count). The van der Waals surface area contributed by atoms with Gasteiger partial charge in [-0.05, 0) is 19.3 Å². The Morgan fingerprint density at radius 3 is 2.63 bits per heavy atom. The molecule has 2 aliphatic heterocycles. The van der Waals surface area contributed by atoms with Crippen LogP contribution in [0.1, 0.15) is 38.9 Å². The van der Waals surface area contributed by atoms with Crippen molar-refractivity contribution >= 4 is 27.6 Å². The van der Waals surface area contributed by atoms with Gasteiger partial charge in [0, 0.05) is 38.2 Å². The first-order chi connectivity index (χ1) is 14.1. The number of ether oxygens (including phenoxy) is 1. The predicted octanol–water partition coefficient (Wildman–Crippen LogP) is 1.24. The number of sulfone groups is 1. The minimum absolute atomic E-state index is 0.0393. The van der Waals surface area contributed by atoms with Gasteiger partial charge in [0.2, 0.25) is 5.91 Å². The minimum Gasteiger partial charge on any atom is -0.384 e. The summed E-state index contributed by atoms with van der Waals surface area (Å²) in [6, 6.07) is 0.755. The molecular formula is C19H30N4O6S. The van der Waals surface area contributed by atoms with Gasteiger partial charge in [0.05, 0.1) is 18.1 Å². The topological polar surface area (TPSA) is 122 Å². The fourth-order valence-electron chi connectivity index (χ4n) is 3.81. The second-order valence-corrected chi connectivity index (χ2v) is 10.8. The Hall–Kier alpha value is -2.14. The monoisotopic (exact) mass is 442 g/mol. The molecule has 168 valence electrons. The van der Waals surface area contributed by atoms with E-state index in [0.717, 1.165) is 12.8 Å². The van der Waals surface area contributed by atoms with Crippen molar-refractivity contribution in [3.63, 3.8) is 0 Å². The second-order valence-electron chi connectivity index (χ2n) is 8.51. The largest absolute Gasteiger partial charge is 0.384 e. The van der Waals surface area contributed by atoms with Crippen molar-refractivity contribution in [1.82, 2.24) is 15.0 Å². The Balaban J connectivity index is 1.67. The van der Waals surface area contributed by atoms with Crippen molar-refractivity contribution < 1.29 is 27.3 Å². The van der Waals surface area contributed by atoms with Gasteiger partial charge in [-0.25, -0.2) is 13.2 Å². The highest BCUT2D eigenvalue weighted by Gasteiger charge is 2.37. The number of hydrogen-bond donors (Lipinski definition) is 1. The van der Waals surface area contributed by atoms with Crippen LogP contribution in [0.3, 0.4) is 0 Å². The van der Waals surface area contributed by atoms with Gasteiger partial charge < -0.3 is 24.4 Å². The predicted molar refractivity (Wildman–Crippen MR) is 110 cm³/mol. The summed E-state index contributed by atoms with van der Waals surface area (Å²) in [6.45, 7) is 5.11. The number of piperidine rings is 1. The Morgan fingerprint density at radius 1 is 1.27 bits per heavy atom. The number of nitrogens with zero attached hydrogens (tertiary/aromatic N) is 3. The molecule has 0 saturated carbocycles. The molecule has 30 heavy (non-hydrogen) atoms. The van der Waals surface area contributed by atoms with Crippen LogP contribution in [0.25, 0.3) is 0 Å². The van der Waals surface area contributed by atoms with Gasteiger partial charge in [0.15, 0.2) is 15.7 Å². The highest BCUT2D eigenvalue weighted by molar-refractivity contribution is 7.91. The lowest BCUT2D eigenvalue weighted by molar-refractivity contribution is -0.121. The van der Waals surface area contributed by atoms with E-state index in [1.54, 1.807) is 18.1 Å². The molecule has 0 aliphatic carbocycles. The summed E-state index contributed by atoms with van der Waals surface area (Å²) >= 11 is 0. The summed E-state index contributed by atoms with van der Waals surface area (Å²) in [5.41, 5.74) is -0.397. The molecule has 3 amide bonds. The lowest BCUT2D eigenvalue weighted by Crippen LogP contribution is -2.56. The number of urea groups is 1. The third-order valence-corrected chi connectivity index (χ3v) is 7.21. The zero-order chi connectivity index (χ0) is 21.9. The van der Waals surface area contributed by atoms with Crippen molar-refractivity contribution in [2.45, 2.75) is 44.6 Å². The van der Waals surface area contributed by atoms with Crippen LogP contribution in [0.5, 0.6) is 0 Å². The first-order valence-electron chi connectivity index (χ1n) is 10.2. The number of carbonyl (C=O) groups excluding carboxylic acids is 2. The van der Waals surface area contributed by atoms with E-state index in [1.165, 1.54) is 4.90 Å². The van der Waals surface area contributed by atoms with Crippen molar-refractivity contribution in [3.8, 4) is 0 Å². The Bertz CT molecular complexity index is 867. The molecule has 0 aromatic carbocycles. The third kappa shape index (κ3) is 5.12. The molecule has 10 nitrogen and oxygen atoms in total. The number of rotatable bonds is 5. The highest BCUT2D eigenvalue weighted by Crippen LogP contribution is 2.26. The molecule has 1 atom stereocenters. The average molecular weight is 443 g/mol. The maximum absolute atomic E-state index is 13.0. The number of anilines is 1. The number of aromatic nitrogens is 1. The summed E-state index contributed by atoms with van der Waals surface area (Å²) in [5, 5.41) is 6.69. The zero-order valence-electron chi connectivity index (χ0n) is 17.7. The van der Waals surface area contributed by atoms with E-state index < -0.39 is 21.3 Å². The normalized spacial score (nSPS) is 22.0. The summed E-state index contributed by atoms with van der Waals surface area (Å²) in [5.74, 6) is 0.481. The second kappa shape index (κ2) is 8.93. The minimum atomic E-state index is -3.08. The molecule has 0 spiro atoms. The van der Waals surface area contributed by atoms with Gasteiger partial charge in [-0.1, -0.05) is 19.0 Å². The molecule has 2 aliphatic rings. The van der Waals surface area contributed by atoms with Crippen LogP contribution < -0.4 is 5.32 Å². The molecule has 1 aromatic heterocycles. The van der Waals surface area contributed by atoms with Gasteiger partial charge in [-0.15, -0.1) is 0 Å². The first-order valence-corrected chi connectivity index (χ1v) is 12.0. The fourth-order valence-corrected chi connectivity index (χ4v) is 5.01. The molecule has 0 bridgehead atoms. The molecule has 1 aromatic rings. The maximum atomic E-state index is 13.0. The summed E-state index contributed by atoms with van der Waals surface area (Å²) < 4.78 is 33.9. The van der Waals surface area contributed by atoms with Gasteiger partial charge in [-0.3, -0.25) is 4.79 Å². The van der Waals surface area contributed by atoms with Crippen LogP contribution in [0.15, 0.2) is 10.6 Å². The standard InChI is InChI=1S/C19H30N4O6S/c1-19(2,13-28-3)15-12-16(21-29-15)20-17(24)14-6-4-5-7-23(14)18(25)22-8-10-30(26,27)11-9-22/h12,14H,4-11,13H2,1-3H3,(H,20,21,24)/t14-/m0/s1. The molecule has 3 heterocycles. The molecule has 2 saturated heterocycles. The van der Waals surface area contributed by atoms with E-state index >= 15 is 0 Å². The van der Waals surface area contributed by atoms with Crippen molar-refractivity contribution in [3.05, 3.63) is 11.8 Å². The summed E-state index contributed by atoms with van der Waals surface area (Å²) in [4.78, 5) is 29.0. The maximum Gasteiger partial charge on any atom is 0.320 e. The van der Waals surface area contributed by atoms with E-state index in [4.69, 9.17) is 9.26 Å². The Morgan fingerprint density at radius 2 is 1.97 bits per heavy atom. The quantitative estimate of drug-likeness (QED) is 0.728. The summed E-state index contributed by atoms with van der Waals surface area (Å²) in [7, 11) is -1.48. The number of methoxy groups -OCH3 is 1. The van der Waals surface area contributed by atoms with Crippen LogP contribution in [0.4, 0.5) is 10.6 Å². The number of carbonyl (C=O) groups is 2. The van der Waals surface area contributed by atoms with Gasteiger partial charge in [0.1, 0.15) is 11.8 Å². The van der Waals surface area contributed by atoms with E-state index in [0.29, 0.717) is 31.2 Å². The molecule has 0 radical (unpaired) electrons. The molecule has 1 N–H and O–H groups in total. The van der Waals surface area contributed by atoms with E-state index in [1.807, 2.05) is 13.8 Å². The van der Waals surface area contributed by atoms with E-state index in [9.17, 15) is 18.0 Å². The van der Waals surface area contributed by atoms with Crippen LogP contribution in [0, 0.1) is 0 Å². The van der Waals surface area contributed by atoms with Crippen molar-refractivity contribution in [2.24, 2.45) is 0 Å². The van der Waals surface area contributed by atoms with Crippen molar-refractivity contribution in [2.75, 3.05) is 50.2 Å². The Labute approximate surface area is 176 Å². The zero-order valence-corrected chi connectivity index (χ0v) is 18.5. The smallest absolute Gasteiger partial charge is 0.320 e. The molecular weight excluding hydrogens is 412 g/mol. The number of likely N-dealkylation sites (tertiary alicyclic amines) is 1. The SMILES string of the molecule is COCC(C)(C)c1cc(NC(=O)[C@@H]2CCCCN2C(=O)N2CCS(=O)(=O)CC2)no1. The average Bonchev–Trinajstić information content (AvgIpc) is 3.17. The van der Waals surface area contributed by atoms with Crippen molar-refractivity contribution in [1.29, 1.82) is 0 Å². The van der Waals surface area contributed by atoms with Crippen LogP contribution in [-0.4, -0.2) is 86.2 Å². The van der Waals surface area contributed by atoms with E-state index in [2.05, 4.69) is 10.5 Å². The fraction of sp³-hybridized carbons (Fsp3) is 0.737. The number of hydrogen-bond acceptors (Lipinski definition) is 7. The molecule has 0 unspecified atom stereocenters. The molecule has 2 fully saturated rings. The lowest BCUT2D eigenvalue weighted by atomic mass is 9.91. The number of nitrogens with one attached hydrogen (secondary N) is 1. The molecule has 11 heteroatoms. The van der Waals surface area contributed by atoms with Gasteiger partial charge in [0.25, 0.3) is 0 Å². The van der Waals surface area contributed by atoms with Crippen LogP contribution >= 0.6 is 0 Å². The highest BCUT2D eigenvalue weighted by atomic mass is 32.2. The van der Waals surface area contributed by atoms with Crippen LogP contribution in [0.2, 0.25) is 0 Å². The summed E-state index contributed by atoms with van der Waals surface area (Å²) in [6.07, 6.45) is 2.19. The number of amides is 3. The van der Waals surface area contributed by atoms with Gasteiger partial charge in [-0.2, -0.15) is 0 Å². The third-order valence-electron chi connectivity index (χ3n) is 5.60. The Kier molecular flexibility index (Phi) is 6.71. The van der Waals surface area contributed by atoms with Gasteiger partial charge >= 0.3 is 6.03 Å². The van der Waals surface area contributed by atoms with Crippen LogP contribution in [-0.2, 0) is 24.8 Å². The van der Waals surface area contributed by atoms with E-state index in [-0.39, 0.29) is 36.5 Å².